The monoisotopic (exact) mass is 276 g/mol. The highest BCUT2D eigenvalue weighted by atomic mass is 32.1. The van der Waals surface area contributed by atoms with Crippen LogP contribution in [0.4, 0.5) is 0 Å². The average molecular weight is 276 g/mol. The van der Waals surface area contributed by atoms with Gasteiger partial charge in [-0.3, -0.25) is 0 Å². The zero-order valence-corrected chi connectivity index (χ0v) is 10.6. The number of nitrogens with zero attached hydrogens (tertiary/aromatic N) is 4. The number of aromatic nitrogens is 4. The van der Waals surface area contributed by atoms with Crippen LogP contribution >= 0.6 is 11.3 Å². The Balaban J connectivity index is 1.86. The minimum atomic E-state index is -0.743. The zero-order valence-electron chi connectivity index (χ0n) is 9.75. The van der Waals surface area contributed by atoms with Crippen molar-refractivity contribution in [2.45, 2.75) is 25.7 Å². The van der Waals surface area contributed by atoms with Crippen LogP contribution in [0.1, 0.15) is 44.4 Å². The summed E-state index contributed by atoms with van der Waals surface area (Å²) in [5, 5.41) is 8.12. The van der Waals surface area contributed by atoms with Crippen LogP contribution in [0.3, 0.4) is 0 Å². The van der Waals surface area contributed by atoms with E-state index in [0.29, 0.717) is 5.13 Å². The Labute approximate surface area is 111 Å². The fourth-order valence-electron chi connectivity index (χ4n) is 2.35. The number of cyclic esters (lactones) is 2. The highest BCUT2D eigenvalue weighted by molar-refractivity contribution is 7.14. The summed E-state index contributed by atoms with van der Waals surface area (Å²) in [4.78, 5) is 28.7. The molecule has 2 aromatic rings. The first-order valence-electron chi connectivity index (χ1n) is 5.95. The van der Waals surface area contributed by atoms with Crippen molar-refractivity contribution >= 4 is 23.3 Å². The van der Waals surface area contributed by atoms with Crippen LogP contribution in [-0.2, 0) is 17.6 Å². The lowest BCUT2D eigenvalue weighted by atomic mass is 10.0. The Hall–Kier alpha value is -2.09. The van der Waals surface area contributed by atoms with E-state index in [1.54, 1.807) is 0 Å². The zero-order chi connectivity index (χ0) is 13.0. The number of rotatable bonds is 1. The maximum atomic E-state index is 11.6. The van der Waals surface area contributed by atoms with Crippen LogP contribution in [0.5, 0.6) is 0 Å². The predicted octanol–water partition coefficient (Wildman–Crippen LogP) is 0.913. The molecule has 0 bridgehead atoms. The molecule has 0 N–H and O–H groups in total. The minimum Gasteiger partial charge on any atom is -0.383 e. The highest BCUT2D eigenvalue weighted by Gasteiger charge is 2.38. The third kappa shape index (κ3) is 1.46. The van der Waals surface area contributed by atoms with Crippen molar-refractivity contribution < 1.29 is 14.3 Å². The maximum Gasteiger partial charge on any atom is 0.369 e. The molecule has 7 nitrogen and oxygen atoms in total. The molecular weight excluding hydrogens is 268 g/mol. The van der Waals surface area contributed by atoms with Crippen molar-refractivity contribution in [1.29, 1.82) is 0 Å². The third-order valence-corrected chi connectivity index (χ3v) is 4.39. The molecule has 0 unspecified atom stereocenters. The first-order chi connectivity index (χ1) is 9.24. The highest BCUT2D eigenvalue weighted by Crippen LogP contribution is 2.30. The van der Waals surface area contributed by atoms with Crippen molar-refractivity contribution in [3.8, 4) is 5.13 Å². The van der Waals surface area contributed by atoms with Gasteiger partial charge in [0.25, 0.3) is 0 Å². The van der Waals surface area contributed by atoms with Crippen LogP contribution < -0.4 is 0 Å². The lowest BCUT2D eigenvalue weighted by molar-refractivity contribution is 0.0434. The van der Waals surface area contributed by atoms with Gasteiger partial charge in [0.1, 0.15) is 0 Å². The third-order valence-electron chi connectivity index (χ3n) is 3.26. The fourth-order valence-corrected chi connectivity index (χ4v) is 3.45. The number of carbonyl (C=O) groups excluding carboxylic acids is 2. The molecule has 8 heteroatoms. The van der Waals surface area contributed by atoms with E-state index >= 15 is 0 Å². The van der Waals surface area contributed by atoms with Gasteiger partial charge in [-0.25, -0.2) is 14.6 Å². The molecule has 0 fully saturated rings. The van der Waals surface area contributed by atoms with Gasteiger partial charge in [0.05, 0.1) is 5.69 Å². The first kappa shape index (κ1) is 10.8. The first-order valence-corrected chi connectivity index (χ1v) is 6.77. The molecule has 96 valence electrons. The molecule has 0 radical (unpaired) electrons. The predicted molar refractivity (Wildman–Crippen MR) is 63.4 cm³/mol. The van der Waals surface area contributed by atoms with Gasteiger partial charge in [0, 0.05) is 4.88 Å². The summed E-state index contributed by atoms with van der Waals surface area (Å²) in [5.41, 5.74) is 1.11. The molecule has 0 amide bonds. The lowest BCUT2D eigenvalue weighted by Gasteiger charge is -2.06. The second-order valence-corrected chi connectivity index (χ2v) is 5.51. The van der Waals surface area contributed by atoms with Gasteiger partial charge in [0.15, 0.2) is 5.69 Å². The van der Waals surface area contributed by atoms with E-state index in [9.17, 15) is 9.59 Å². The molecule has 1 aliphatic carbocycles. The van der Waals surface area contributed by atoms with Crippen LogP contribution in [-0.4, -0.2) is 31.9 Å². The lowest BCUT2D eigenvalue weighted by Crippen LogP contribution is -2.08. The molecule has 0 spiro atoms. The maximum absolute atomic E-state index is 11.6. The van der Waals surface area contributed by atoms with E-state index < -0.39 is 11.9 Å². The van der Waals surface area contributed by atoms with E-state index in [-0.39, 0.29) is 11.4 Å². The number of hydrogen-bond acceptors (Lipinski definition) is 7. The summed E-state index contributed by atoms with van der Waals surface area (Å²) in [6, 6.07) is 0. The van der Waals surface area contributed by atoms with E-state index in [1.807, 2.05) is 0 Å². The molecule has 0 saturated carbocycles. The average Bonchev–Trinajstić information content (AvgIpc) is 3.06. The number of fused-ring (bicyclic) bond motifs is 2. The molecule has 1 aliphatic heterocycles. The Kier molecular flexibility index (Phi) is 2.10. The summed E-state index contributed by atoms with van der Waals surface area (Å²) >= 11 is 1.49. The quantitative estimate of drug-likeness (QED) is 0.568. The number of esters is 2. The van der Waals surface area contributed by atoms with Gasteiger partial charge in [-0.1, -0.05) is 16.6 Å². The molecular formula is C11H8N4O3S. The van der Waals surface area contributed by atoms with E-state index in [0.717, 1.165) is 31.4 Å². The Morgan fingerprint density at radius 1 is 1.16 bits per heavy atom. The van der Waals surface area contributed by atoms with Crippen LogP contribution in [0, 0.1) is 0 Å². The molecule has 2 aliphatic rings. The summed E-state index contributed by atoms with van der Waals surface area (Å²) in [7, 11) is 0. The second-order valence-electron chi connectivity index (χ2n) is 4.45. The van der Waals surface area contributed by atoms with Gasteiger partial charge in [-0.05, 0) is 25.7 Å². The van der Waals surface area contributed by atoms with Crippen molar-refractivity contribution in [3.05, 3.63) is 22.0 Å². The molecule has 0 saturated heterocycles. The van der Waals surface area contributed by atoms with Crippen LogP contribution in [0.25, 0.3) is 5.13 Å². The molecule has 3 heterocycles. The topological polar surface area (TPSA) is 87.0 Å². The summed E-state index contributed by atoms with van der Waals surface area (Å²) in [5.74, 6) is -1.45. The SMILES string of the molecule is O=C1OC(=O)c2c1nnn2-c1nc2c(s1)CCCC2. The van der Waals surface area contributed by atoms with Crippen LogP contribution in [0.15, 0.2) is 0 Å². The smallest absolute Gasteiger partial charge is 0.369 e. The van der Waals surface area contributed by atoms with E-state index in [1.165, 1.54) is 20.9 Å². The molecule has 4 rings (SSSR count). The molecule has 2 aromatic heterocycles. The second kappa shape index (κ2) is 3.70. The van der Waals surface area contributed by atoms with Gasteiger partial charge in [-0.2, -0.15) is 4.68 Å². The summed E-state index contributed by atoms with van der Waals surface area (Å²) < 4.78 is 5.82. The van der Waals surface area contributed by atoms with Crippen molar-refractivity contribution in [1.82, 2.24) is 20.0 Å². The van der Waals surface area contributed by atoms with Gasteiger partial charge in [-0.15, -0.1) is 5.10 Å². The molecule has 0 atom stereocenters. The number of ether oxygens (including phenoxy) is 1. The van der Waals surface area contributed by atoms with Crippen molar-refractivity contribution in [3.63, 3.8) is 0 Å². The number of thiazole rings is 1. The minimum absolute atomic E-state index is 0.0295. The number of hydrogen-bond donors (Lipinski definition) is 0. The normalized spacial score (nSPS) is 17.3. The van der Waals surface area contributed by atoms with E-state index in [2.05, 4.69) is 20.0 Å². The van der Waals surface area contributed by atoms with Gasteiger partial charge >= 0.3 is 11.9 Å². The Morgan fingerprint density at radius 3 is 2.84 bits per heavy atom. The molecule has 0 aromatic carbocycles. The fraction of sp³-hybridized carbons (Fsp3) is 0.364. The largest absolute Gasteiger partial charge is 0.383 e. The summed E-state index contributed by atoms with van der Waals surface area (Å²) in [6.45, 7) is 0. The van der Waals surface area contributed by atoms with Crippen LogP contribution in [0.2, 0.25) is 0 Å². The van der Waals surface area contributed by atoms with Crippen molar-refractivity contribution in [2.24, 2.45) is 0 Å². The van der Waals surface area contributed by atoms with Gasteiger partial charge < -0.3 is 4.74 Å². The standard InChI is InChI=1S/C11H8N4O3S/c16-9-7-8(10(17)18-9)15(14-13-7)11-12-5-3-1-2-4-6(5)19-11/h1-4H2. The van der Waals surface area contributed by atoms with Gasteiger partial charge in [0.2, 0.25) is 10.8 Å². The van der Waals surface area contributed by atoms with Crippen molar-refractivity contribution in [2.75, 3.05) is 0 Å². The van der Waals surface area contributed by atoms with E-state index in [4.69, 9.17) is 0 Å². The number of aryl methyl sites for hydroxylation is 2. The Bertz CT molecular complexity index is 694. The molecule has 19 heavy (non-hydrogen) atoms. The Morgan fingerprint density at radius 2 is 2.00 bits per heavy atom. The summed E-state index contributed by atoms with van der Waals surface area (Å²) in [6.07, 6.45) is 4.25. The number of carbonyl (C=O) groups is 2.